The van der Waals surface area contributed by atoms with Crippen molar-refractivity contribution in [2.75, 3.05) is 0 Å². The molecule has 6 nitrogen and oxygen atoms in total. The van der Waals surface area contributed by atoms with Crippen LogP contribution in [-0.4, -0.2) is 55.0 Å². The number of carboxylic acid groups (broad SMARTS) is 3. The van der Waals surface area contributed by atoms with Gasteiger partial charge < -0.3 is 4.28 Å². The Balaban J connectivity index is -0.000000750. The molecule has 3 aromatic carbocycles. The number of benzene rings is 3. The number of rotatable bonds is 6. The maximum Gasteiger partial charge on any atom is 1.00 e. The second-order valence-electron chi connectivity index (χ2n) is 5.89. The molecule has 0 aliphatic heterocycles. The predicted octanol–water partition coefficient (Wildman–Crippen LogP) is -7.35. The zero-order valence-electron chi connectivity index (χ0n) is 20.4. The average Bonchev–Trinajstić information content (AvgIpc) is 2.69. The van der Waals surface area contributed by atoms with Gasteiger partial charge in [-0.3, -0.25) is 0 Å². The Hall–Kier alpha value is -0.0469. The monoisotopic (exact) mass is 644 g/mol. The molecule has 0 amide bonds. The minimum absolute atomic E-state index is 0. The Labute approximate surface area is 258 Å². The summed E-state index contributed by atoms with van der Waals surface area (Å²) in [7, 11) is 0. The van der Waals surface area contributed by atoms with Crippen molar-refractivity contribution in [3.8, 4) is 0 Å². The number of hydrogen-bond acceptors (Lipinski definition) is 3. The van der Waals surface area contributed by atoms with Crippen LogP contribution in [0.15, 0.2) is 72.8 Å². The van der Waals surface area contributed by atoms with E-state index in [9.17, 15) is 14.4 Å². The summed E-state index contributed by atoms with van der Waals surface area (Å²) in [6, 6.07) is 20.1. The molecule has 0 bridgehead atoms. The minimum atomic E-state index is -2.85. The van der Waals surface area contributed by atoms with E-state index in [4.69, 9.17) is 15.3 Å². The van der Waals surface area contributed by atoms with Crippen LogP contribution in [0.2, 0.25) is 0 Å². The summed E-state index contributed by atoms with van der Waals surface area (Å²) in [6.07, 6.45) is 0. The molecule has 0 saturated carbocycles. The maximum atomic E-state index is 11.1. The van der Waals surface area contributed by atoms with Crippen molar-refractivity contribution >= 4 is 49.5 Å². The van der Waals surface area contributed by atoms with Crippen LogP contribution in [0.1, 0.15) is 35.4 Å². The zero-order chi connectivity index (χ0) is 20.3. The molecule has 0 spiro atoms. The van der Waals surface area contributed by atoms with Crippen molar-refractivity contribution in [2.24, 2.45) is 0 Å². The van der Waals surface area contributed by atoms with E-state index >= 15 is 0 Å². The van der Waals surface area contributed by atoms with Gasteiger partial charge in [0, 0.05) is 0 Å². The number of carboxylic acids is 3. The minimum Gasteiger partial charge on any atom is -1.00 e. The van der Waals surface area contributed by atoms with Gasteiger partial charge in [0.05, 0.1) is 0 Å². The Bertz CT molecular complexity index is 916. The average molecular weight is 644 g/mol. The van der Waals surface area contributed by atoms with Gasteiger partial charge >= 0.3 is 257 Å². The molecular weight excluding hydrogens is 626 g/mol. The van der Waals surface area contributed by atoms with Crippen LogP contribution < -0.4 is 98.5 Å². The van der Waals surface area contributed by atoms with Crippen molar-refractivity contribution < 1.29 is 123 Å². The quantitative estimate of drug-likeness (QED) is 0.230. The van der Waals surface area contributed by atoms with E-state index in [0.717, 1.165) is 9.81 Å². The summed E-state index contributed by atoms with van der Waals surface area (Å²) < 4.78 is 3.02. The summed E-state index contributed by atoms with van der Waals surface area (Å²) in [5, 5.41) is 27.4. The van der Waals surface area contributed by atoms with Crippen molar-refractivity contribution in [2.45, 2.75) is 0 Å². The van der Waals surface area contributed by atoms with Crippen LogP contribution >= 0.6 is 0 Å². The standard InChI is InChI=1S/3C7H5O2.Bi.3Na.3H/c3*8-7(9)6-4-2-1-3-5-6;;;;;;;/h3*2-5H,(H,8,9);;;;;;;/q;;;;3*+1;3*-1. The number of carbonyl (C=O) groups is 3. The van der Waals surface area contributed by atoms with Gasteiger partial charge in [0.2, 0.25) is 0 Å². The van der Waals surface area contributed by atoms with Gasteiger partial charge in [-0.1, -0.05) is 0 Å². The first-order valence-corrected chi connectivity index (χ1v) is 13.4. The molecule has 0 saturated heterocycles. The second-order valence-corrected chi connectivity index (χ2v) is 14.5. The first-order valence-electron chi connectivity index (χ1n) is 8.17. The third-order valence-corrected chi connectivity index (χ3v) is 13.6. The molecule has 0 aliphatic carbocycles. The van der Waals surface area contributed by atoms with E-state index < -0.39 is 39.7 Å². The fourth-order valence-electron chi connectivity index (χ4n) is 2.71. The van der Waals surface area contributed by atoms with Crippen LogP contribution in [0.4, 0.5) is 0 Å². The molecule has 0 atom stereocenters. The van der Waals surface area contributed by atoms with Gasteiger partial charge in [-0.15, -0.1) is 0 Å². The van der Waals surface area contributed by atoms with Crippen molar-refractivity contribution in [1.82, 2.24) is 0 Å². The molecule has 0 unspecified atom stereocenters. The molecular formula is C21H18BiNa3O6. The van der Waals surface area contributed by atoms with Gasteiger partial charge in [-0.05, 0) is 0 Å². The molecule has 31 heavy (non-hydrogen) atoms. The van der Waals surface area contributed by atoms with E-state index in [0.29, 0.717) is 0 Å². The summed E-state index contributed by atoms with van der Waals surface area (Å²) in [5.74, 6) is -3.02. The smallest absolute Gasteiger partial charge is 1.00 e. The third kappa shape index (κ3) is 8.04. The largest absolute Gasteiger partial charge is 1.00 e. The molecule has 3 N–H and O–H groups in total. The topological polar surface area (TPSA) is 112 Å². The molecule has 10 heteroatoms. The van der Waals surface area contributed by atoms with E-state index in [1.807, 2.05) is 0 Å². The normalized spacial score (nSPS) is 9.58. The van der Waals surface area contributed by atoms with E-state index in [1.165, 1.54) is 0 Å². The van der Waals surface area contributed by atoms with Crippen molar-refractivity contribution in [3.63, 3.8) is 0 Å². The van der Waals surface area contributed by atoms with Crippen LogP contribution in [0.3, 0.4) is 0 Å². The van der Waals surface area contributed by atoms with Crippen LogP contribution in [-0.2, 0) is 0 Å². The summed E-state index contributed by atoms with van der Waals surface area (Å²) >= 11 is -2.85. The van der Waals surface area contributed by atoms with Crippen LogP contribution in [0.25, 0.3) is 0 Å². The molecule has 0 aliphatic rings. The first kappa shape index (κ1) is 31.0. The Morgan fingerprint density at radius 3 is 0.839 bits per heavy atom. The molecule has 0 radical (unpaired) electrons. The summed E-state index contributed by atoms with van der Waals surface area (Å²) in [6.45, 7) is 0. The van der Waals surface area contributed by atoms with Gasteiger partial charge in [0.1, 0.15) is 0 Å². The van der Waals surface area contributed by atoms with Gasteiger partial charge in [-0.2, -0.15) is 0 Å². The number of hydrogen-bond donors (Lipinski definition) is 3. The molecule has 0 fully saturated rings. The van der Waals surface area contributed by atoms with Crippen molar-refractivity contribution in [3.05, 3.63) is 89.5 Å². The fourth-order valence-corrected chi connectivity index (χ4v) is 11.4. The van der Waals surface area contributed by atoms with Gasteiger partial charge in [0.25, 0.3) is 0 Å². The van der Waals surface area contributed by atoms with E-state index in [2.05, 4.69) is 0 Å². The Morgan fingerprint density at radius 2 is 0.677 bits per heavy atom. The van der Waals surface area contributed by atoms with Crippen molar-refractivity contribution in [1.29, 1.82) is 0 Å². The molecule has 146 valence electrons. The molecule has 3 aromatic rings. The summed E-state index contributed by atoms with van der Waals surface area (Å²) in [4.78, 5) is 33.4. The Morgan fingerprint density at radius 1 is 0.484 bits per heavy atom. The van der Waals surface area contributed by atoms with Crippen LogP contribution in [0.5, 0.6) is 0 Å². The molecule has 0 aromatic heterocycles. The zero-order valence-corrected chi connectivity index (χ0v) is 26.9. The van der Waals surface area contributed by atoms with Gasteiger partial charge in [0.15, 0.2) is 0 Å². The second kappa shape index (κ2) is 14.3. The maximum absolute atomic E-state index is 11.1. The summed E-state index contributed by atoms with van der Waals surface area (Å²) in [5.41, 5.74) is 0.570. The SMILES string of the molecule is O=C(O)c1cc[c]([Bi]([c]2ccc(C(=O)O)cc2)[c]2ccc(C(=O)O)cc2)cc1.[H-].[H-].[H-].[Na+].[Na+].[Na+]. The fraction of sp³-hybridized carbons (Fsp3) is 0. The van der Waals surface area contributed by atoms with E-state index in [-0.39, 0.29) is 110 Å². The first-order chi connectivity index (χ1) is 13.4. The van der Waals surface area contributed by atoms with Gasteiger partial charge in [-0.25, -0.2) is 0 Å². The number of aromatic carboxylic acids is 3. The molecule has 0 heterocycles. The Kier molecular flexibility index (Phi) is 14.2. The molecule has 3 rings (SSSR count). The van der Waals surface area contributed by atoms with E-state index in [1.54, 1.807) is 72.8 Å². The predicted molar refractivity (Wildman–Crippen MR) is 108 cm³/mol. The van der Waals surface area contributed by atoms with Crippen LogP contribution in [0, 0.1) is 0 Å². The third-order valence-electron chi connectivity index (χ3n) is 4.12.